The molecule has 3 atom stereocenters. The second kappa shape index (κ2) is 36.9. The molecule has 0 fully saturated rings. The van der Waals surface area contributed by atoms with Gasteiger partial charge in [0.1, 0.15) is 12.6 Å². The molecule has 0 aromatic carbocycles. The number of rotatable bonds is 39. The van der Waals surface area contributed by atoms with Crippen LogP contribution < -0.4 is 5.73 Å². The van der Waals surface area contributed by atoms with Crippen LogP contribution in [0, 0.1) is 0 Å². The molecular weight excluding hydrogens is 697 g/mol. The number of carboxylic acids is 1. The summed E-state index contributed by atoms with van der Waals surface area (Å²) in [5.41, 5.74) is 5.32. The van der Waals surface area contributed by atoms with Crippen LogP contribution in [0.1, 0.15) is 187 Å². The van der Waals surface area contributed by atoms with Crippen molar-refractivity contribution in [3.8, 4) is 0 Å². The molecule has 0 saturated carbocycles. The summed E-state index contributed by atoms with van der Waals surface area (Å²) in [6.07, 6.45) is 36.8. The van der Waals surface area contributed by atoms with E-state index < -0.39 is 51.1 Å². The van der Waals surface area contributed by atoms with Crippen LogP contribution >= 0.6 is 7.82 Å². The number of carbonyl (C=O) groups excluding carboxylic acids is 2. The number of ether oxygens (including phenoxy) is 2. The fraction of sp³-hybridized carbons (Fsp3) is 0.829. The average molecular weight is 774 g/mol. The standard InChI is InChI=1S/C41H76NO10P/c1-3-5-7-9-11-13-15-16-17-18-19-20-21-22-23-25-27-29-31-33-40(44)52-37(35-50-53(47,48)51-36-38(42)41(45)46)34-49-39(43)32-30-28-26-24-14-12-10-8-6-4-2/h8,10,16-17,37-38H,3-7,9,11-15,18-36,42H2,1-2H3,(H,45,46)(H,47,48)/b10-8-,17-16-. The minimum absolute atomic E-state index is 0.159. The largest absolute Gasteiger partial charge is 0.480 e. The fourth-order valence-corrected chi connectivity index (χ4v) is 6.37. The van der Waals surface area contributed by atoms with Gasteiger partial charge < -0.3 is 25.2 Å². The number of nitrogens with two attached hydrogens (primary N) is 1. The normalized spacial score (nSPS) is 14.0. The molecule has 0 amide bonds. The molecule has 0 bridgehead atoms. The van der Waals surface area contributed by atoms with Crippen LogP contribution in [0.5, 0.6) is 0 Å². The number of hydrogen-bond acceptors (Lipinski definition) is 9. The van der Waals surface area contributed by atoms with E-state index in [-0.39, 0.29) is 19.4 Å². The molecule has 0 spiro atoms. The van der Waals surface area contributed by atoms with Crippen molar-refractivity contribution in [3.05, 3.63) is 24.3 Å². The molecule has 11 nitrogen and oxygen atoms in total. The summed E-state index contributed by atoms with van der Waals surface area (Å²) in [5, 5.41) is 8.87. The predicted octanol–water partition coefficient (Wildman–Crippen LogP) is 10.7. The van der Waals surface area contributed by atoms with Crippen molar-refractivity contribution >= 4 is 25.7 Å². The highest BCUT2D eigenvalue weighted by Gasteiger charge is 2.28. The summed E-state index contributed by atoms with van der Waals surface area (Å²) in [4.78, 5) is 45.8. The number of phosphoric acid groups is 1. The van der Waals surface area contributed by atoms with Gasteiger partial charge in [0.05, 0.1) is 13.2 Å². The lowest BCUT2D eigenvalue weighted by molar-refractivity contribution is -0.161. The minimum Gasteiger partial charge on any atom is -0.480 e. The number of esters is 2. The van der Waals surface area contributed by atoms with Crippen molar-refractivity contribution in [2.45, 2.75) is 199 Å². The first-order chi connectivity index (χ1) is 25.6. The molecule has 0 aromatic heterocycles. The molecule has 0 heterocycles. The van der Waals surface area contributed by atoms with Crippen LogP contribution in [-0.2, 0) is 37.5 Å². The Kier molecular flexibility index (Phi) is 35.5. The van der Waals surface area contributed by atoms with Crippen molar-refractivity contribution in [3.63, 3.8) is 0 Å². The smallest absolute Gasteiger partial charge is 0.472 e. The zero-order valence-electron chi connectivity index (χ0n) is 33.4. The highest BCUT2D eigenvalue weighted by Crippen LogP contribution is 2.43. The highest BCUT2D eigenvalue weighted by molar-refractivity contribution is 7.47. The summed E-state index contributed by atoms with van der Waals surface area (Å²) in [5.74, 6) is -2.39. The summed E-state index contributed by atoms with van der Waals surface area (Å²) in [6.45, 7) is 2.72. The zero-order valence-corrected chi connectivity index (χ0v) is 34.3. The van der Waals surface area contributed by atoms with Gasteiger partial charge in [0.25, 0.3) is 0 Å². The van der Waals surface area contributed by atoms with Crippen molar-refractivity contribution in [1.29, 1.82) is 0 Å². The topological polar surface area (TPSA) is 172 Å². The maximum Gasteiger partial charge on any atom is 0.472 e. The van der Waals surface area contributed by atoms with Crippen LogP contribution in [0.4, 0.5) is 0 Å². The maximum atomic E-state index is 12.6. The van der Waals surface area contributed by atoms with Gasteiger partial charge >= 0.3 is 25.7 Å². The van der Waals surface area contributed by atoms with Crippen LogP contribution in [-0.4, -0.2) is 59.9 Å². The number of carboxylic acid groups (broad SMARTS) is 1. The molecule has 4 N–H and O–H groups in total. The second-order valence-electron chi connectivity index (χ2n) is 14.1. The van der Waals surface area contributed by atoms with Gasteiger partial charge in [0.2, 0.25) is 0 Å². The SMILES string of the molecule is CCC/C=C\CCCCCCCC(=O)OCC(COP(=O)(O)OCC(N)C(=O)O)OC(=O)CCCCCCCCCCC/C=C\CCCCCCCC. The maximum absolute atomic E-state index is 12.6. The zero-order chi connectivity index (χ0) is 39.3. The Morgan fingerprint density at radius 3 is 1.45 bits per heavy atom. The number of hydrogen-bond donors (Lipinski definition) is 3. The van der Waals surface area contributed by atoms with Crippen LogP contribution in [0.3, 0.4) is 0 Å². The van der Waals surface area contributed by atoms with Gasteiger partial charge in [-0.15, -0.1) is 0 Å². The Balaban J connectivity index is 4.32. The predicted molar refractivity (Wildman–Crippen MR) is 212 cm³/mol. The second-order valence-corrected chi connectivity index (χ2v) is 15.6. The first kappa shape index (κ1) is 51.0. The molecule has 12 heteroatoms. The van der Waals surface area contributed by atoms with E-state index in [1.165, 1.54) is 83.5 Å². The van der Waals surface area contributed by atoms with Gasteiger partial charge in [-0.05, 0) is 57.8 Å². The number of carbonyl (C=O) groups is 3. The van der Waals surface area contributed by atoms with Crippen molar-refractivity contribution in [2.75, 3.05) is 19.8 Å². The molecule has 0 aliphatic carbocycles. The molecular formula is C41H76NO10P. The number of aliphatic carboxylic acids is 1. The molecule has 0 saturated heterocycles. The molecule has 310 valence electrons. The molecule has 0 aliphatic heterocycles. The summed E-state index contributed by atoms with van der Waals surface area (Å²) in [7, 11) is -4.71. The van der Waals surface area contributed by atoms with E-state index in [9.17, 15) is 23.8 Å². The third-order valence-electron chi connectivity index (χ3n) is 8.90. The Labute approximate surface area is 321 Å². The van der Waals surface area contributed by atoms with Gasteiger partial charge in [0, 0.05) is 12.8 Å². The van der Waals surface area contributed by atoms with E-state index in [0.717, 1.165) is 64.2 Å². The first-order valence-corrected chi connectivity index (χ1v) is 22.4. The van der Waals surface area contributed by atoms with Gasteiger partial charge in [-0.1, -0.05) is 141 Å². The van der Waals surface area contributed by atoms with Crippen LogP contribution in [0.25, 0.3) is 0 Å². The number of allylic oxidation sites excluding steroid dienone is 4. The van der Waals surface area contributed by atoms with Crippen molar-refractivity contribution in [1.82, 2.24) is 0 Å². The lowest BCUT2D eigenvalue weighted by atomic mass is 10.1. The van der Waals surface area contributed by atoms with E-state index >= 15 is 0 Å². The molecule has 0 aliphatic rings. The Morgan fingerprint density at radius 1 is 0.566 bits per heavy atom. The lowest BCUT2D eigenvalue weighted by Crippen LogP contribution is -2.34. The summed E-state index contributed by atoms with van der Waals surface area (Å²) >= 11 is 0. The number of unbranched alkanes of at least 4 members (excludes halogenated alkanes) is 21. The fourth-order valence-electron chi connectivity index (χ4n) is 5.59. The Morgan fingerprint density at radius 2 is 0.981 bits per heavy atom. The molecule has 0 aromatic rings. The van der Waals surface area contributed by atoms with Crippen LogP contribution in [0.2, 0.25) is 0 Å². The number of phosphoric ester groups is 1. The van der Waals surface area contributed by atoms with Crippen molar-refractivity contribution in [2.24, 2.45) is 5.73 Å². The van der Waals surface area contributed by atoms with Gasteiger partial charge in [0.15, 0.2) is 6.10 Å². The highest BCUT2D eigenvalue weighted by atomic mass is 31.2. The van der Waals surface area contributed by atoms with E-state index in [2.05, 4.69) is 42.7 Å². The molecule has 0 rings (SSSR count). The lowest BCUT2D eigenvalue weighted by Gasteiger charge is -2.20. The summed E-state index contributed by atoms with van der Waals surface area (Å²) < 4.78 is 32.6. The Bertz CT molecular complexity index is 1010. The molecule has 3 unspecified atom stereocenters. The van der Waals surface area contributed by atoms with E-state index in [1.54, 1.807) is 0 Å². The Hall–Kier alpha value is -2.04. The van der Waals surface area contributed by atoms with E-state index in [4.69, 9.17) is 24.8 Å². The van der Waals surface area contributed by atoms with Crippen molar-refractivity contribution < 1.29 is 47.5 Å². The molecule has 0 radical (unpaired) electrons. The van der Waals surface area contributed by atoms with E-state index in [0.29, 0.717) is 12.8 Å². The van der Waals surface area contributed by atoms with Crippen LogP contribution in [0.15, 0.2) is 24.3 Å². The average Bonchev–Trinajstić information content (AvgIpc) is 3.13. The molecule has 53 heavy (non-hydrogen) atoms. The summed E-state index contributed by atoms with van der Waals surface area (Å²) in [6, 6.07) is -1.52. The quantitative estimate of drug-likeness (QED) is 0.0235. The van der Waals surface area contributed by atoms with E-state index in [1.807, 2.05) is 0 Å². The van der Waals surface area contributed by atoms with Gasteiger partial charge in [-0.25, -0.2) is 4.57 Å². The monoisotopic (exact) mass is 774 g/mol. The third kappa shape index (κ3) is 36.7. The minimum atomic E-state index is -4.71. The van der Waals surface area contributed by atoms with Gasteiger partial charge in [-0.3, -0.25) is 23.4 Å². The van der Waals surface area contributed by atoms with Gasteiger partial charge in [-0.2, -0.15) is 0 Å². The third-order valence-corrected chi connectivity index (χ3v) is 9.85. The first-order valence-electron chi connectivity index (χ1n) is 20.9.